The SMILES string of the molecule is CSCC[C@H](NS(=O)(=O)/C=C\c1ccccc1)C(=O)N1CCC(C)CC1. The summed E-state index contributed by atoms with van der Waals surface area (Å²) in [6, 6.07) is 8.53. The van der Waals surface area contributed by atoms with Crippen molar-refractivity contribution in [2.45, 2.75) is 32.2 Å². The molecule has 1 fully saturated rings. The third kappa shape index (κ3) is 6.78. The summed E-state index contributed by atoms with van der Waals surface area (Å²) in [7, 11) is -3.69. The average Bonchev–Trinajstić information content (AvgIpc) is 2.64. The van der Waals surface area contributed by atoms with E-state index in [0.29, 0.717) is 25.4 Å². The van der Waals surface area contributed by atoms with Crippen molar-refractivity contribution in [1.29, 1.82) is 0 Å². The molecule has 1 N–H and O–H groups in total. The number of rotatable bonds is 8. The number of hydrogen-bond acceptors (Lipinski definition) is 4. The molecule has 1 aliphatic rings. The summed E-state index contributed by atoms with van der Waals surface area (Å²) in [4.78, 5) is 14.6. The van der Waals surface area contributed by atoms with E-state index >= 15 is 0 Å². The van der Waals surface area contributed by atoms with Crippen molar-refractivity contribution >= 4 is 33.8 Å². The Morgan fingerprint density at radius 3 is 2.58 bits per heavy atom. The van der Waals surface area contributed by atoms with Gasteiger partial charge in [0, 0.05) is 18.5 Å². The molecule has 1 aromatic rings. The van der Waals surface area contributed by atoms with Crippen LogP contribution in [0.4, 0.5) is 0 Å². The standard InChI is InChI=1S/C19H28N2O3S2/c1-16-8-12-21(13-9-16)19(22)18(10-14-25-2)20-26(23,24)15-11-17-6-4-3-5-7-17/h3-7,11,15-16,18,20H,8-10,12-14H2,1-2H3/b15-11-/t18-/m0/s1. The van der Waals surface area contributed by atoms with Gasteiger partial charge in [-0.05, 0) is 48.8 Å². The van der Waals surface area contributed by atoms with Gasteiger partial charge in [-0.1, -0.05) is 37.3 Å². The molecule has 1 amide bonds. The lowest BCUT2D eigenvalue weighted by molar-refractivity contribution is -0.134. The first-order chi connectivity index (χ1) is 12.4. The monoisotopic (exact) mass is 396 g/mol. The highest BCUT2D eigenvalue weighted by atomic mass is 32.2. The van der Waals surface area contributed by atoms with Crippen LogP contribution in [0.3, 0.4) is 0 Å². The number of benzene rings is 1. The van der Waals surface area contributed by atoms with Crippen molar-refractivity contribution < 1.29 is 13.2 Å². The number of thioether (sulfide) groups is 1. The van der Waals surface area contributed by atoms with Crippen molar-refractivity contribution in [1.82, 2.24) is 9.62 Å². The van der Waals surface area contributed by atoms with Gasteiger partial charge in [0.15, 0.2) is 0 Å². The van der Waals surface area contributed by atoms with Gasteiger partial charge in [0.25, 0.3) is 0 Å². The van der Waals surface area contributed by atoms with Gasteiger partial charge in [-0.2, -0.15) is 16.5 Å². The molecule has 1 heterocycles. The minimum absolute atomic E-state index is 0.109. The predicted octanol–water partition coefficient (Wildman–Crippen LogP) is 2.96. The third-order valence-electron chi connectivity index (χ3n) is 4.55. The Kier molecular flexibility index (Phi) is 8.18. The van der Waals surface area contributed by atoms with Crippen molar-refractivity contribution in [3.8, 4) is 0 Å². The maximum atomic E-state index is 12.8. The van der Waals surface area contributed by atoms with E-state index in [-0.39, 0.29) is 5.91 Å². The number of piperidine rings is 1. The summed E-state index contributed by atoms with van der Waals surface area (Å²) >= 11 is 1.61. The van der Waals surface area contributed by atoms with E-state index in [2.05, 4.69) is 11.6 Å². The van der Waals surface area contributed by atoms with Crippen molar-refractivity contribution in [2.75, 3.05) is 25.1 Å². The zero-order chi connectivity index (χ0) is 19.0. The lowest BCUT2D eigenvalue weighted by atomic mass is 9.98. The smallest absolute Gasteiger partial charge is 0.240 e. The number of carbonyl (C=O) groups excluding carboxylic acids is 1. The first kappa shape index (κ1) is 21.0. The highest BCUT2D eigenvalue weighted by Crippen LogP contribution is 2.18. The molecule has 1 saturated heterocycles. The third-order valence-corrected chi connectivity index (χ3v) is 6.30. The summed E-state index contributed by atoms with van der Waals surface area (Å²) in [6.45, 7) is 3.60. The molecule has 1 aromatic carbocycles. The first-order valence-corrected chi connectivity index (χ1v) is 11.9. The Labute approximate surface area is 161 Å². The maximum absolute atomic E-state index is 12.8. The lowest BCUT2D eigenvalue weighted by Crippen LogP contribution is -2.50. The van der Waals surface area contributed by atoms with Gasteiger partial charge in [-0.25, -0.2) is 8.42 Å². The zero-order valence-electron chi connectivity index (χ0n) is 15.4. The van der Waals surface area contributed by atoms with Crippen LogP contribution >= 0.6 is 11.8 Å². The fourth-order valence-electron chi connectivity index (χ4n) is 2.89. The fourth-order valence-corrected chi connectivity index (χ4v) is 4.39. The molecule has 0 spiro atoms. The zero-order valence-corrected chi connectivity index (χ0v) is 17.1. The molecule has 1 atom stereocenters. The summed E-state index contributed by atoms with van der Waals surface area (Å²) in [6.07, 6.45) is 5.93. The van der Waals surface area contributed by atoms with E-state index in [4.69, 9.17) is 0 Å². The summed E-state index contributed by atoms with van der Waals surface area (Å²) in [5, 5.41) is 1.14. The largest absolute Gasteiger partial charge is 0.341 e. The highest BCUT2D eigenvalue weighted by Gasteiger charge is 2.29. The number of nitrogens with one attached hydrogen (secondary N) is 1. The lowest BCUT2D eigenvalue weighted by Gasteiger charge is -2.33. The van der Waals surface area contributed by atoms with E-state index in [0.717, 1.165) is 29.6 Å². The maximum Gasteiger partial charge on any atom is 0.240 e. The average molecular weight is 397 g/mol. The molecule has 0 bridgehead atoms. The predicted molar refractivity (Wildman–Crippen MR) is 109 cm³/mol. The van der Waals surface area contributed by atoms with E-state index in [9.17, 15) is 13.2 Å². The summed E-state index contributed by atoms with van der Waals surface area (Å²) < 4.78 is 27.5. The summed E-state index contributed by atoms with van der Waals surface area (Å²) in [5.41, 5.74) is 0.801. The van der Waals surface area contributed by atoms with Gasteiger partial charge < -0.3 is 4.90 Å². The number of nitrogens with zero attached hydrogens (tertiary/aromatic N) is 1. The molecule has 0 unspecified atom stereocenters. The number of carbonyl (C=O) groups is 1. The van der Waals surface area contributed by atoms with Crippen LogP contribution in [0.1, 0.15) is 31.7 Å². The molecule has 7 heteroatoms. The van der Waals surface area contributed by atoms with Gasteiger partial charge >= 0.3 is 0 Å². The molecule has 144 valence electrons. The fraction of sp³-hybridized carbons (Fsp3) is 0.526. The molecule has 1 aliphatic heterocycles. The molecular weight excluding hydrogens is 368 g/mol. The first-order valence-electron chi connectivity index (χ1n) is 8.94. The summed E-state index contributed by atoms with van der Waals surface area (Å²) in [5.74, 6) is 1.24. The van der Waals surface area contributed by atoms with Gasteiger partial charge in [-0.3, -0.25) is 4.79 Å². The van der Waals surface area contributed by atoms with Crippen molar-refractivity contribution in [3.05, 3.63) is 41.3 Å². The van der Waals surface area contributed by atoms with E-state index in [1.165, 1.54) is 0 Å². The number of hydrogen-bond donors (Lipinski definition) is 1. The number of likely N-dealkylation sites (tertiary alicyclic amines) is 1. The second-order valence-corrected chi connectivity index (χ2v) is 9.30. The van der Waals surface area contributed by atoms with Crippen LogP contribution in [0.5, 0.6) is 0 Å². The highest BCUT2D eigenvalue weighted by molar-refractivity contribution is 7.98. The quantitative estimate of drug-likeness (QED) is 0.734. The van der Waals surface area contributed by atoms with Crippen molar-refractivity contribution in [2.24, 2.45) is 5.92 Å². The molecule has 2 rings (SSSR count). The van der Waals surface area contributed by atoms with Crippen LogP contribution in [0.2, 0.25) is 0 Å². The van der Waals surface area contributed by atoms with Crippen LogP contribution in [-0.4, -0.2) is 50.4 Å². The van der Waals surface area contributed by atoms with Crippen LogP contribution in [-0.2, 0) is 14.8 Å². The molecule has 0 radical (unpaired) electrons. The van der Waals surface area contributed by atoms with Gasteiger partial charge in [-0.15, -0.1) is 0 Å². The molecule has 0 saturated carbocycles. The van der Waals surface area contributed by atoms with Crippen molar-refractivity contribution in [3.63, 3.8) is 0 Å². The molecule has 5 nitrogen and oxygen atoms in total. The van der Waals surface area contributed by atoms with E-state index in [1.54, 1.807) is 22.7 Å². The minimum atomic E-state index is -3.69. The molecule has 0 aromatic heterocycles. The second kappa shape index (κ2) is 10.1. The van der Waals surface area contributed by atoms with Crippen LogP contribution < -0.4 is 4.72 Å². The van der Waals surface area contributed by atoms with Crippen LogP contribution in [0, 0.1) is 5.92 Å². The molecule has 26 heavy (non-hydrogen) atoms. The normalized spacial score (nSPS) is 17.5. The molecular formula is C19H28N2O3S2. The van der Waals surface area contributed by atoms with Gasteiger partial charge in [0.2, 0.25) is 15.9 Å². The van der Waals surface area contributed by atoms with Gasteiger partial charge in [0.1, 0.15) is 6.04 Å². The van der Waals surface area contributed by atoms with E-state index in [1.807, 2.05) is 36.6 Å². The topological polar surface area (TPSA) is 66.5 Å². The Balaban J connectivity index is 2.05. The number of sulfonamides is 1. The van der Waals surface area contributed by atoms with E-state index < -0.39 is 16.1 Å². The van der Waals surface area contributed by atoms with Crippen LogP contribution in [0.15, 0.2) is 35.7 Å². The molecule has 0 aliphatic carbocycles. The van der Waals surface area contributed by atoms with Gasteiger partial charge in [0.05, 0.1) is 0 Å². The Hall–Kier alpha value is -1.31. The second-order valence-electron chi connectivity index (χ2n) is 6.72. The Morgan fingerprint density at radius 1 is 1.31 bits per heavy atom. The number of amides is 1. The Morgan fingerprint density at radius 2 is 1.96 bits per heavy atom. The van der Waals surface area contributed by atoms with Crippen LogP contribution in [0.25, 0.3) is 6.08 Å². The minimum Gasteiger partial charge on any atom is -0.341 e. The Bertz CT molecular complexity index is 697.